The van der Waals surface area contributed by atoms with E-state index in [9.17, 15) is 9.59 Å². The molecule has 0 radical (unpaired) electrons. The van der Waals surface area contributed by atoms with Gasteiger partial charge in [0.25, 0.3) is 11.8 Å². The maximum atomic E-state index is 12.7. The van der Waals surface area contributed by atoms with Crippen LogP contribution in [0, 0.1) is 5.92 Å². The van der Waals surface area contributed by atoms with Gasteiger partial charge in [-0.05, 0) is 55.0 Å². The number of methoxy groups -OCH3 is 1. The molecule has 30 heavy (non-hydrogen) atoms. The molecule has 2 amide bonds. The van der Waals surface area contributed by atoms with Crippen molar-refractivity contribution in [2.45, 2.75) is 26.2 Å². The van der Waals surface area contributed by atoms with Crippen molar-refractivity contribution in [3.63, 3.8) is 0 Å². The normalized spacial score (nSPS) is 18.5. The van der Waals surface area contributed by atoms with Crippen molar-refractivity contribution in [2.24, 2.45) is 5.92 Å². The lowest BCUT2D eigenvalue weighted by Gasteiger charge is -2.26. The summed E-state index contributed by atoms with van der Waals surface area (Å²) in [5.41, 5.74) is 2.17. The summed E-state index contributed by atoms with van der Waals surface area (Å²) in [5, 5.41) is 5.89. The highest BCUT2D eigenvalue weighted by atomic mass is 16.5. The van der Waals surface area contributed by atoms with Gasteiger partial charge >= 0.3 is 0 Å². The van der Waals surface area contributed by atoms with E-state index in [0.717, 1.165) is 49.6 Å². The largest absolute Gasteiger partial charge is 0.497 e. The first-order valence-corrected chi connectivity index (χ1v) is 10.7. The Morgan fingerprint density at radius 1 is 1.07 bits per heavy atom. The average Bonchev–Trinajstić information content (AvgIpc) is 2.76. The smallest absolute Gasteiger partial charge is 0.279 e. The number of anilines is 1. The van der Waals surface area contributed by atoms with E-state index < -0.39 is 0 Å². The molecular weight excluding hydrogens is 378 g/mol. The molecule has 0 aliphatic carbocycles. The van der Waals surface area contributed by atoms with Crippen molar-refractivity contribution in [2.75, 3.05) is 38.6 Å². The fourth-order valence-corrected chi connectivity index (χ4v) is 3.77. The number of benzene rings is 2. The second-order valence-electron chi connectivity index (χ2n) is 8.06. The van der Waals surface area contributed by atoms with Gasteiger partial charge in [-0.1, -0.05) is 31.2 Å². The first-order chi connectivity index (χ1) is 14.5. The van der Waals surface area contributed by atoms with Gasteiger partial charge in [-0.2, -0.15) is 0 Å². The maximum Gasteiger partial charge on any atom is 0.279 e. The molecule has 3 rings (SSSR count). The molecule has 0 bridgehead atoms. The van der Waals surface area contributed by atoms with E-state index in [0.29, 0.717) is 24.3 Å². The van der Waals surface area contributed by atoms with Crippen LogP contribution in [0.15, 0.2) is 48.5 Å². The Kier molecular flexibility index (Phi) is 7.85. The van der Waals surface area contributed by atoms with E-state index in [1.54, 1.807) is 19.2 Å². The van der Waals surface area contributed by atoms with Gasteiger partial charge in [-0.3, -0.25) is 9.59 Å². The number of likely N-dealkylation sites (tertiary alicyclic amines) is 1. The van der Waals surface area contributed by atoms with Gasteiger partial charge in [0.05, 0.1) is 31.5 Å². The second-order valence-corrected chi connectivity index (χ2v) is 8.06. The summed E-state index contributed by atoms with van der Waals surface area (Å²) in [6, 6.07) is 15.0. The summed E-state index contributed by atoms with van der Waals surface area (Å²) in [6.07, 6.45) is 3.05. The second kappa shape index (κ2) is 10.8. The summed E-state index contributed by atoms with van der Waals surface area (Å²) in [5.74, 6) is 1.34. The molecule has 1 aliphatic heterocycles. The molecule has 2 aromatic rings. The maximum absolute atomic E-state index is 12.7. The zero-order valence-corrected chi connectivity index (χ0v) is 17.9. The number of rotatable bonds is 8. The van der Waals surface area contributed by atoms with Gasteiger partial charge < -0.3 is 20.3 Å². The summed E-state index contributed by atoms with van der Waals surface area (Å²) < 4.78 is 5.16. The molecule has 1 saturated heterocycles. The van der Waals surface area contributed by atoms with E-state index in [2.05, 4.69) is 17.6 Å². The number of carbonyl (C=O) groups excluding carboxylic acids is 2. The Balaban J connectivity index is 1.51. The van der Waals surface area contributed by atoms with E-state index in [-0.39, 0.29) is 11.8 Å². The third kappa shape index (κ3) is 6.32. The number of piperidine rings is 1. The van der Waals surface area contributed by atoms with Crippen LogP contribution in [0.25, 0.3) is 0 Å². The number of hydrogen-bond donors (Lipinski definition) is 3. The Bertz CT molecular complexity index is 843. The lowest BCUT2D eigenvalue weighted by Crippen LogP contribution is -3.14. The third-order valence-corrected chi connectivity index (χ3v) is 5.70. The molecule has 2 aromatic carbocycles. The molecule has 0 unspecified atom stereocenters. The topological polar surface area (TPSA) is 71.9 Å². The molecule has 1 aliphatic rings. The van der Waals surface area contributed by atoms with Crippen LogP contribution in [0.2, 0.25) is 0 Å². The van der Waals surface area contributed by atoms with Crippen molar-refractivity contribution in [3.8, 4) is 5.75 Å². The zero-order valence-electron chi connectivity index (χ0n) is 17.9. The first kappa shape index (κ1) is 21.8. The van der Waals surface area contributed by atoms with Gasteiger partial charge in [0.15, 0.2) is 6.54 Å². The molecule has 1 heterocycles. The van der Waals surface area contributed by atoms with Crippen LogP contribution in [-0.4, -0.2) is 45.1 Å². The quantitative estimate of drug-likeness (QED) is 0.623. The summed E-state index contributed by atoms with van der Waals surface area (Å²) in [6.45, 7) is 5.29. The van der Waals surface area contributed by atoms with E-state index in [1.165, 1.54) is 4.90 Å². The molecule has 0 saturated carbocycles. The average molecular weight is 411 g/mol. The van der Waals surface area contributed by atoms with Crippen molar-refractivity contribution in [1.82, 2.24) is 5.32 Å². The fourth-order valence-electron chi connectivity index (χ4n) is 3.77. The minimum absolute atomic E-state index is 0.0435. The Morgan fingerprint density at radius 3 is 2.47 bits per heavy atom. The molecule has 0 atom stereocenters. The molecule has 1 fully saturated rings. The molecule has 6 nitrogen and oxygen atoms in total. The molecule has 160 valence electrons. The third-order valence-electron chi connectivity index (χ3n) is 5.70. The SMILES string of the molecule is COc1ccc(CCNC(=O)c2ccccc2NC(=O)C[NH+]2CCC(C)CC2)cc1. The van der Waals surface area contributed by atoms with Crippen molar-refractivity contribution in [3.05, 3.63) is 59.7 Å². The number of para-hydroxylation sites is 1. The van der Waals surface area contributed by atoms with E-state index >= 15 is 0 Å². The Morgan fingerprint density at radius 2 is 1.77 bits per heavy atom. The minimum Gasteiger partial charge on any atom is -0.497 e. The highest BCUT2D eigenvalue weighted by Gasteiger charge is 2.22. The number of quaternary nitrogens is 1. The number of hydrogen-bond acceptors (Lipinski definition) is 3. The minimum atomic E-state index is -0.182. The first-order valence-electron chi connectivity index (χ1n) is 10.7. The lowest BCUT2D eigenvalue weighted by molar-refractivity contribution is -0.897. The molecule has 0 aromatic heterocycles. The van der Waals surface area contributed by atoms with Crippen LogP contribution < -0.4 is 20.3 Å². The van der Waals surface area contributed by atoms with Crippen molar-refractivity contribution >= 4 is 17.5 Å². The Hall–Kier alpha value is -2.86. The van der Waals surface area contributed by atoms with Gasteiger partial charge in [0.1, 0.15) is 5.75 Å². The van der Waals surface area contributed by atoms with Gasteiger partial charge in [0.2, 0.25) is 0 Å². The van der Waals surface area contributed by atoms with Crippen LogP contribution in [0.3, 0.4) is 0 Å². The predicted octanol–water partition coefficient (Wildman–Crippen LogP) is 1.92. The summed E-state index contributed by atoms with van der Waals surface area (Å²) in [4.78, 5) is 26.5. The van der Waals surface area contributed by atoms with Gasteiger partial charge in [-0.25, -0.2) is 0 Å². The van der Waals surface area contributed by atoms with Crippen LogP contribution in [0.5, 0.6) is 5.75 Å². The standard InChI is InChI=1S/C24H31N3O3/c1-18-12-15-27(16-13-18)17-23(28)26-22-6-4-3-5-21(22)24(29)25-14-11-19-7-9-20(30-2)10-8-19/h3-10,18H,11-17H2,1-2H3,(H,25,29)(H,26,28)/p+1. The highest BCUT2D eigenvalue weighted by molar-refractivity contribution is 6.03. The lowest BCUT2D eigenvalue weighted by atomic mass is 9.99. The molecular formula is C24H32N3O3+. The number of amides is 2. The molecule has 3 N–H and O–H groups in total. The van der Waals surface area contributed by atoms with Crippen LogP contribution in [0.1, 0.15) is 35.7 Å². The van der Waals surface area contributed by atoms with E-state index in [1.807, 2.05) is 36.4 Å². The highest BCUT2D eigenvalue weighted by Crippen LogP contribution is 2.15. The molecule has 0 spiro atoms. The van der Waals surface area contributed by atoms with Crippen molar-refractivity contribution in [1.29, 1.82) is 0 Å². The summed E-state index contributed by atoms with van der Waals surface area (Å²) >= 11 is 0. The van der Waals surface area contributed by atoms with Crippen molar-refractivity contribution < 1.29 is 19.2 Å². The number of ether oxygens (including phenoxy) is 1. The zero-order chi connectivity index (χ0) is 21.3. The molecule has 6 heteroatoms. The van der Waals surface area contributed by atoms with Crippen LogP contribution >= 0.6 is 0 Å². The number of nitrogens with one attached hydrogen (secondary N) is 3. The Labute approximate surface area is 178 Å². The predicted molar refractivity (Wildman–Crippen MR) is 118 cm³/mol. The monoisotopic (exact) mass is 410 g/mol. The van der Waals surface area contributed by atoms with Gasteiger partial charge in [-0.15, -0.1) is 0 Å². The fraction of sp³-hybridized carbons (Fsp3) is 0.417. The van der Waals surface area contributed by atoms with Gasteiger partial charge in [0, 0.05) is 6.54 Å². The summed E-state index contributed by atoms with van der Waals surface area (Å²) in [7, 11) is 1.64. The van der Waals surface area contributed by atoms with Crippen LogP contribution in [-0.2, 0) is 11.2 Å². The van der Waals surface area contributed by atoms with E-state index in [4.69, 9.17) is 4.74 Å². The van der Waals surface area contributed by atoms with Crippen LogP contribution in [0.4, 0.5) is 5.69 Å². The number of carbonyl (C=O) groups is 2.